The zero-order valence-corrected chi connectivity index (χ0v) is 12.1. The maximum atomic E-state index is 12.7. The van der Waals surface area contributed by atoms with E-state index in [9.17, 15) is 26.3 Å². The molecule has 8 heteroatoms. The molecule has 23 heavy (non-hydrogen) atoms. The molecular weight excluding hydrogens is 346 g/mol. The Balaban J connectivity index is 2.55. The monoisotopic (exact) mass is 354 g/mol. The standard InChI is InChI=1S/C15H9ClF6O/c16-8-9-7-10(14(17,18)19)5-6-11(9)12-3-1-2-4-13(12)23-15(20,21)22/h1-7H,8H2. The van der Waals surface area contributed by atoms with Crippen LogP contribution in [0.25, 0.3) is 11.1 Å². The van der Waals surface area contributed by atoms with Crippen LogP contribution in [0.3, 0.4) is 0 Å². The summed E-state index contributed by atoms with van der Waals surface area (Å²) in [6, 6.07) is 7.86. The largest absolute Gasteiger partial charge is 0.573 e. The highest BCUT2D eigenvalue weighted by atomic mass is 35.5. The van der Waals surface area contributed by atoms with Crippen molar-refractivity contribution in [1.29, 1.82) is 0 Å². The second-order valence-electron chi connectivity index (χ2n) is 4.55. The molecule has 124 valence electrons. The number of hydrogen-bond donors (Lipinski definition) is 0. The Bertz CT molecular complexity index is 693. The molecule has 0 aliphatic rings. The highest BCUT2D eigenvalue weighted by Gasteiger charge is 2.33. The molecule has 0 aliphatic heterocycles. The Morgan fingerprint density at radius 3 is 2.09 bits per heavy atom. The number of halogens is 7. The van der Waals surface area contributed by atoms with Gasteiger partial charge in [-0.3, -0.25) is 0 Å². The summed E-state index contributed by atoms with van der Waals surface area (Å²) in [5, 5.41) is 0. The van der Waals surface area contributed by atoms with Crippen molar-refractivity contribution in [3.63, 3.8) is 0 Å². The van der Waals surface area contributed by atoms with Gasteiger partial charge in [0.05, 0.1) is 5.56 Å². The molecule has 2 aromatic rings. The van der Waals surface area contributed by atoms with Gasteiger partial charge in [-0.05, 0) is 29.3 Å². The molecule has 0 saturated heterocycles. The van der Waals surface area contributed by atoms with Crippen molar-refractivity contribution in [2.75, 3.05) is 0 Å². The Morgan fingerprint density at radius 2 is 1.52 bits per heavy atom. The quantitative estimate of drug-likeness (QED) is 0.484. The molecule has 0 atom stereocenters. The van der Waals surface area contributed by atoms with Crippen LogP contribution in [0.1, 0.15) is 11.1 Å². The highest BCUT2D eigenvalue weighted by molar-refractivity contribution is 6.17. The molecular formula is C15H9ClF6O. The Hall–Kier alpha value is -1.89. The number of rotatable bonds is 3. The van der Waals surface area contributed by atoms with Gasteiger partial charge in [-0.1, -0.05) is 24.3 Å². The van der Waals surface area contributed by atoms with Crippen molar-refractivity contribution in [3.05, 3.63) is 53.6 Å². The number of alkyl halides is 7. The van der Waals surface area contributed by atoms with E-state index in [4.69, 9.17) is 11.6 Å². The number of benzene rings is 2. The third-order valence-corrected chi connectivity index (χ3v) is 3.27. The Kier molecular flexibility index (Phi) is 4.79. The van der Waals surface area contributed by atoms with Crippen LogP contribution in [-0.4, -0.2) is 6.36 Å². The van der Waals surface area contributed by atoms with E-state index in [1.165, 1.54) is 18.2 Å². The SMILES string of the molecule is FC(F)(F)Oc1ccccc1-c1ccc(C(F)(F)F)cc1CCl. The van der Waals surface area contributed by atoms with E-state index in [0.29, 0.717) is 0 Å². The number of ether oxygens (including phenoxy) is 1. The summed E-state index contributed by atoms with van der Waals surface area (Å²) in [5.41, 5.74) is -0.715. The summed E-state index contributed by atoms with van der Waals surface area (Å²) in [4.78, 5) is 0. The lowest BCUT2D eigenvalue weighted by Crippen LogP contribution is -2.17. The minimum absolute atomic E-state index is 0.00852. The lowest BCUT2D eigenvalue weighted by Gasteiger charge is -2.16. The van der Waals surface area contributed by atoms with E-state index in [-0.39, 0.29) is 22.6 Å². The van der Waals surface area contributed by atoms with Crippen LogP contribution in [0.4, 0.5) is 26.3 Å². The minimum atomic E-state index is -4.91. The van der Waals surface area contributed by atoms with Crippen molar-refractivity contribution >= 4 is 11.6 Å². The molecule has 0 unspecified atom stereocenters. The lowest BCUT2D eigenvalue weighted by atomic mass is 9.97. The molecule has 0 aromatic heterocycles. The molecule has 0 bridgehead atoms. The third-order valence-electron chi connectivity index (χ3n) is 2.98. The average Bonchev–Trinajstić information content (AvgIpc) is 2.44. The molecule has 0 aliphatic carbocycles. The second kappa shape index (κ2) is 6.31. The van der Waals surface area contributed by atoms with Crippen LogP contribution in [0.5, 0.6) is 5.75 Å². The van der Waals surface area contributed by atoms with E-state index in [2.05, 4.69) is 4.74 Å². The summed E-state index contributed by atoms with van der Waals surface area (Å²) in [6.45, 7) is 0. The zero-order valence-electron chi connectivity index (χ0n) is 11.3. The van der Waals surface area contributed by atoms with Crippen LogP contribution >= 0.6 is 11.6 Å². The number of hydrogen-bond acceptors (Lipinski definition) is 1. The smallest absolute Gasteiger partial charge is 0.405 e. The third kappa shape index (κ3) is 4.31. The number of para-hydroxylation sites is 1. The van der Waals surface area contributed by atoms with Gasteiger partial charge in [0.15, 0.2) is 0 Å². The topological polar surface area (TPSA) is 9.23 Å². The lowest BCUT2D eigenvalue weighted by molar-refractivity contribution is -0.274. The minimum Gasteiger partial charge on any atom is -0.405 e. The fourth-order valence-electron chi connectivity index (χ4n) is 2.05. The molecule has 2 rings (SSSR count). The summed E-state index contributed by atoms with van der Waals surface area (Å²) in [6.07, 6.45) is -9.48. The van der Waals surface area contributed by atoms with Crippen LogP contribution < -0.4 is 4.74 Å². The van der Waals surface area contributed by atoms with Crippen LogP contribution in [0, 0.1) is 0 Å². The summed E-state index contributed by atoms with van der Waals surface area (Å²) >= 11 is 5.66. The van der Waals surface area contributed by atoms with Crippen molar-refractivity contribution < 1.29 is 31.1 Å². The highest BCUT2D eigenvalue weighted by Crippen LogP contribution is 2.38. The van der Waals surface area contributed by atoms with E-state index < -0.39 is 23.9 Å². The Morgan fingerprint density at radius 1 is 0.870 bits per heavy atom. The Labute approximate surface area is 132 Å². The first kappa shape index (κ1) is 17.5. The van der Waals surface area contributed by atoms with Crippen LogP contribution in [0.2, 0.25) is 0 Å². The fraction of sp³-hybridized carbons (Fsp3) is 0.200. The normalized spacial score (nSPS) is 12.3. The summed E-state index contributed by atoms with van der Waals surface area (Å²) < 4.78 is 79.4. The van der Waals surface area contributed by atoms with Gasteiger partial charge in [0, 0.05) is 11.4 Å². The van der Waals surface area contributed by atoms with E-state index in [1.807, 2.05) is 0 Å². The summed E-state index contributed by atoms with van der Waals surface area (Å²) in [5.74, 6) is -0.800. The van der Waals surface area contributed by atoms with Crippen LogP contribution in [0.15, 0.2) is 42.5 Å². The van der Waals surface area contributed by atoms with Crippen molar-refractivity contribution in [2.24, 2.45) is 0 Å². The van der Waals surface area contributed by atoms with Crippen molar-refractivity contribution in [1.82, 2.24) is 0 Å². The molecule has 2 aromatic carbocycles. The first-order valence-corrected chi connectivity index (χ1v) is 6.76. The molecule has 0 fully saturated rings. The average molecular weight is 355 g/mol. The van der Waals surface area contributed by atoms with Crippen molar-refractivity contribution in [3.8, 4) is 16.9 Å². The van der Waals surface area contributed by atoms with Crippen LogP contribution in [-0.2, 0) is 12.1 Å². The predicted molar refractivity (Wildman–Crippen MR) is 73.1 cm³/mol. The second-order valence-corrected chi connectivity index (χ2v) is 4.81. The van der Waals surface area contributed by atoms with Gasteiger partial charge in [0.1, 0.15) is 5.75 Å². The van der Waals surface area contributed by atoms with E-state index in [1.54, 1.807) is 0 Å². The van der Waals surface area contributed by atoms with Gasteiger partial charge in [0.25, 0.3) is 0 Å². The van der Waals surface area contributed by atoms with Crippen molar-refractivity contribution in [2.45, 2.75) is 18.4 Å². The molecule has 0 radical (unpaired) electrons. The summed E-state index contributed by atoms with van der Waals surface area (Å²) in [7, 11) is 0. The van der Waals surface area contributed by atoms with Gasteiger partial charge >= 0.3 is 12.5 Å². The first-order valence-electron chi connectivity index (χ1n) is 6.23. The molecule has 0 spiro atoms. The molecule has 1 nitrogen and oxygen atoms in total. The van der Waals surface area contributed by atoms with Gasteiger partial charge in [-0.25, -0.2) is 0 Å². The molecule has 0 heterocycles. The van der Waals surface area contributed by atoms with E-state index >= 15 is 0 Å². The molecule has 0 N–H and O–H groups in total. The fourth-order valence-corrected chi connectivity index (χ4v) is 2.27. The maximum Gasteiger partial charge on any atom is 0.573 e. The first-order chi connectivity index (χ1) is 10.6. The predicted octanol–water partition coefficient (Wildman–Crippen LogP) is 6.01. The maximum absolute atomic E-state index is 12.7. The van der Waals surface area contributed by atoms with Gasteiger partial charge < -0.3 is 4.74 Å². The van der Waals surface area contributed by atoms with E-state index in [0.717, 1.165) is 24.3 Å². The van der Waals surface area contributed by atoms with Gasteiger partial charge in [-0.2, -0.15) is 13.2 Å². The zero-order chi connectivity index (χ0) is 17.3. The molecule has 0 amide bonds. The van der Waals surface area contributed by atoms with Gasteiger partial charge in [-0.15, -0.1) is 24.8 Å². The molecule has 0 saturated carbocycles. The van der Waals surface area contributed by atoms with Gasteiger partial charge in [0.2, 0.25) is 0 Å².